The molecule has 2 aromatic heterocycles. The molecule has 0 bridgehead atoms. The number of aromatic nitrogens is 2. The van der Waals surface area contributed by atoms with Gasteiger partial charge in [-0.2, -0.15) is 0 Å². The van der Waals surface area contributed by atoms with E-state index in [9.17, 15) is 0 Å². The predicted molar refractivity (Wildman–Crippen MR) is 63.6 cm³/mol. The van der Waals surface area contributed by atoms with Gasteiger partial charge in [0.25, 0.3) is 0 Å². The Kier molecular flexibility index (Phi) is 2.70. The maximum Gasteiger partial charge on any atom is 0.116 e. The lowest BCUT2D eigenvalue weighted by atomic mass is 10.2. The van der Waals surface area contributed by atoms with Gasteiger partial charge in [0, 0.05) is 12.1 Å². The molecule has 0 unspecified atom stereocenters. The maximum atomic E-state index is 5.92. The van der Waals surface area contributed by atoms with Gasteiger partial charge in [0.1, 0.15) is 5.82 Å². The van der Waals surface area contributed by atoms with Gasteiger partial charge >= 0.3 is 0 Å². The second-order valence-corrected chi connectivity index (χ2v) is 4.38. The third-order valence-electron chi connectivity index (χ3n) is 2.61. The third kappa shape index (κ3) is 1.63. The van der Waals surface area contributed by atoms with Crippen molar-refractivity contribution in [1.29, 1.82) is 0 Å². The second kappa shape index (κ2) is 3.86. The summed E-state index contributed by atoms with van der Waals surface area (Å²) in [5, 5.41) is 0. The van der Waals surface area contributed by atoms with Gasteiger partial charge in [0.05, 0.1) is 17.1 Å². The number of aryl methyl sites for hydroxylation is 1. The maximum absolute atomic E-state index is 5.92. The fraction of sp³-hybridized carbons (Fsp3) is 0.417. The fourth-order valence-corrected chi connectivity index (χ4v) is 2.11. The quantitative estimate of drug-likeness (QED) is 0.711. The van der Waals surface area contributed by atoms with E-state index in [4.69, 9.17) is 11.6 Å². The zero-order valence-electron chi connectivity index (χ0n) is 9.29. The molecule has 2 heterocycles. The third-order valence-corrected chi connectivity index (χ3v) is 2.86. The molecule has 0 saturated heterocycles. The molecule has 0 aromatic carbocycles. The number of alkyl halides is 1. The van der Waals surface area contributed by atoms with Crippen LogP contribution in [-0.2, 0) is 5.88 Å². The van der Waals surface area contributed by atoms with E-state index < -0.39 is 0 Å². The summed E-state index contributed by atoms with van der Waals surface area (Å²) in [6.07, 6.45) is 2.06. The van der Waals surface area contributed by atoms with Crippen molar-refractivity contribution in [3.63, 3.8) is 0 Å². The minimum atomic E-state index is 0.413. The van der Waals surface area contributed by atoms with Gasteiger partial charge < -0.3 is 4.40 Å². The van der Waals surface area contributed by atoms with Crippen molar-refractivity contribution in [1.82, 2.24) is 9.38 Å². The fourth-order valence-electron chi connectivity index (χ4n) is 1.92. The van der Waals surface area contributed by atoms with E-state index in [2.05, 4.69) is 42.4 Å². The highest BCUT2D eigenvalue weighted by molar-refractivity contribution is 6.17. The second-order valence-electron chi connectivity index (χ2n) is 4.11. The lowest BCUT2D eigenvalue weighted by molar-refractivity contribution is 0.767. The topological polar surface area (TPSA) is 17.3 Å². The van der Waals surface area contributed by atoms with Crippen molar-refractivity contribution in [2.24, 2.45) is 0 Å². The molecular formula is C12H15ClN2. The average molecular weight is 223 g/mol. The van der Waals surface area contributed by atoms with Crippen LogP contribution >= 0.6 is 11.6 Å². The molecule has 0 atom stereocenters. The van der Waals surface area contributed by atoms with E-state index in [1.807, 2.05) is 6.07 Å². The molecule has 15 heavy (non-hydrogen) atoms. The van der Waals surface area contributed by atoms with Gasteiger partial charge in [-0.25, -0.2) is 4.98 Å². The lowest BCUT2D eigenvalue weighted by Crippen LogP contribution is -1.96. The van der Waals surface area contributed by atoms with Gasteiger partial charge in [-0.15, -0.1) is 11.6 Å². The monoisotopic (exact) mass is 222 g/mol. The molecule has 3 heteroatoms. The van der Waals surface area contributed by atoms with Crippen molar-refractivity contribution < 1.29 is 0 Å². The van der Waals surface area contributed by atoms with Crippen LogP contribution in [0.15, 0.2) is 18.3 Å². The summed E-state index contributed by atoms with van der Waals surface area (Å²) in [6, 6.07) is 4.14. The Balaban J connectivity index is 2.81. The number of pyridine rings is 1. The predicted octanol–water partition coefficient (Wildman–Crippen LogP) is 3.50. The molecule has 0 radical (unpaired) electrons. The number of fused-ring (bicyclic) bond motifs is 1. The van der Waals surface area contributed by atoms with Crippen LogP contribution in [-0.4, -0.2) is 9.38 Å². The largest absolute Gasteiger partial charge is 0.303 e. The molecule has 80 valence electrons. The van der Waals surface area contributed by atoms with E-state index in [0.717, 1.165) is 17.0 Å². The first kappa shape index (κ1) is 10.5. The van der Waals surface area contributed by atoms with Gasteiger partial charge in [-0.1, -0.05) is 19.9 Å². The normalized spacial score (nSPS) is 11.5. The van der Waals surface area contributed by atoms with Crippen LogP contribution in [0.25, 0.3) is 5.52 Å². The van der Waals surface area contributed by atoms with Crippen molar-refractivity contribution in [3.05, 3.63) is 35.4 Å². The Morgan fingerprint density at radius 2 is 2.20 bits per heavy atom. The van der Waals surface area contributed by atoms with E-state index in [0.29, 0.717) is 11.8 Å². The van der Waals surface area contributed by atoms with Crippen LogP contribution in [0.1, 0.15) is 36.8 Å². The molecule has 0 fully saturated rings. The van der Waals surface area contributed by atoms with Gasteiger partial charge in [-0.3, -0.25) is 0 Å². The van der Waals surface area contributed by atoms with Crippen LogP contribution in [0.5, 0.6) is 0 Å². The highest BCUT2D eigenvalue weighted by Gasteiger charge is 2.13. The smallest absolute Gasteiger partial charge is 0.116 e. The SMILES string of the molecule is Cc1cccn2c(C(C)C)nc(CCl)c12. The Hall–Kier alpha value is -1.02. The zero-order valence-corrected chi connectivity index (χ0v) is 10.0. The Bertz CT molecular complexity index is 486. The first-order chi connectivity index (χ1) is 7.15. The van der Waals surface area contributed by atoms with Crippen LogP contribution in [0, 0.1) is 6.92 Å². The van der Waals surface area contributed by atoms with Crippen LogP contribution in [0.4, 0.5) is 0 Å². The molecule has 2 aromatic rings. The number of imidazole rings is 1. The Morgan fingerprint density at radius 3 is 2.80 bits per heavy atom. The molecule has 0 aliphatic rings. The van der Waals surface area contributed by atoms with E-state index >= 15 is 0 Å². The van der Waals surface area contributed by atoms with Crippen molar-refractivity contribution >= 4 is 17.1 Å². The number of halogens is 1. The minimum Gasteiger partial charge on any atom is -0.303 e. The minimum absolute atomic E-state index is 0.413. The van der Waals surface area contributed by atoms with E-state index in [1.165, 1.54) is 5.56 Å². The van der Waals surface area contributed by atoms with Gasteiger partial charge in [-0.05, 0) is 18.6 Å². The average Bonchev–Trinajstić information content (AvgIpc) is 2.58. The Morgan fingerprint density at radius 1 is 1.47 bits per heavy atom. The number of hydrogen-bond acceptors (Lipinski definition) is 1. The summed E-state index contributed by atoms with van der Waals surface area (Å²) < 4.78 is 2.15. The summed E-state index contributed by atoms with van der Waals surface area (Å²) in [6.45, 7) is 6.39. The summed E-state index contributed by atoms with van der Waals surface area (Å²) in [5.41, 5.74) is 3.38. The van der Waals surface area contributed by atoms with Gasteiger partial charge in [0.2, 0.25) is 0 Å². The van der Waals surface area contributed by atoms with Crippen molar-refractivity contribution in [3.8, 4) is 0 Å². The summed E-state index contributed by atoms with van der Waals surface area (Å²) in [5.74, 6) is 1.97. The zero-order chi connectivity index (χ0) is 11.0. The molecule has 2 nitrogen and oxygen atoms in total. The molecule has 0 N–H and O–H groups in total. The highest BCUT2D eigenvalue weighted by atomic mass is 35.5. The summed E-state index contributed by atoms with van der Waals surface area (Å²) >= 11 is 5.92. The van der Waals surface area contributed by atoms with E-state index in [-0.39, 0.29) is 0 Å². The van der Waals surface area contributed by atoms with Crippen molar-refractivity contribution in [2.75, 3.05) is 0 Å². The first-order valence-corrected chi connectivity index (χ1v) is 5.71. The number of nitrogens with zero attached hydrogens (tertiary/aromatic N) is 2. The highest BCUT2D eigenvalue weighted by Crippen LogP contribution is 2.23. The molecule has 0 saturated carbocycles. The molecule has 0 aliphatic carbocycles. The Labute approximate surface area is 94.9 Å². The van der Waals surface area contributed by atoms with Crippen LogP contribution in [0.3, 0.4) is 0 Å². The van der Waals surface area contributed by atoms with Crippen molar-refractivity contribution in [2.45, 2.75) is 32.6 Å². The van der Waals surface area contributed by atoms with E-state index in [1.54, 1.807) is 0 Å². The van der Waals surface area contributed by atoms with Crippen LogP contribution < -0.4 is 0 Å². The van der Waals surface area contributed by atoms with Gasteiger partial charge in [0.15, 0.2) is 0 Å². The number of rotatable bonds is 2. The summed E-state index contributed by atoms with van der Waals surface area (Å²) in [4.78, 5) is 4.60. The molecule has 2 rings (SSSR count). The van der Waals surface area contributed by atoms with Crippen LogP contribution in [0.2, 0.25) is 0 Å². The molecule has 0 spiro atoms. The summed E-state index contributed by atoms with van der Waals surface area (Å²) in [7, 11) is 0. The number of hydrogen-bond donors (Lipinski definition) is 0. The standard InChI is InChI=1S/C12H15ClN2/c1-8(2)12-14-10(7-13)11-9(3)5-4-6-15(11)12/h4-6,8H,7H2,1-3H3. The molecular weight excluding hydrogens is 208 g/mol. The first-order valence-electron chi connectivity index (χ1n) is 5.17. The molecule has 0 aliphatic heterocycles. The lowest BCUT2D eigenvalue weighted by Gasteiger charge is -2.04. The molecule has 0 amide bonds.